The highest BCUT2D eigenvalue weighted by Crippen LogP contribution is 2.20. The lowest BCUT2D eigenvalue weighted by atomic mass is 10.2. The Hall–Kier alpha value is -2.70. The molecular formula is C18H22N6O. The number of hydrogen-bond donors (Lipinski definition) is 0. The SMILES string of the molecule is O=C(c1cccnc1)N1CCN(c2ccc(N3CCCC3)nn2)CC1. The van der Waals surface area contributed by atoms with Gasteiger partial charge in [-0.25, -0.2) is 0 Å². The minimum absolute atomic E-state index is 0.0446. The molecule has 7 heteroatoms. The maximum Gasteiger partial charge on any atom is 0.255 e. The first-order valence-corrected chi connectivity index (χ1v) is 8.84. The highest BCUT2D eigenvalue weighted by atomic mass is 16.2. The molecule has 2 aliphatic heterocycles. The molecular weight excluding hydrogens is 316 g/mol. The van der Waals surface area contributed by atoms with Crippen molar-refractivity contribution in [3.63, 3.8) is 0 Å². The molecule has 0 aromatic carbocycles. The van der Waals surface area contributed by atoms with Crippen LogP contribution < -0.4 is 9.80 Å². The smallest absolute Gasteiger partial charge is 0.255 e. The summed E-state index contributed by atoms with van der Waals surface area (Å²) in [5.74, 6) is 1.89. The lowest BCUT2D eigenvalue weighted by molar-refractivity contribution is 0.0746. The normalized spacial score (nSPS) is 17.8. The maximum atomic E-state index is 12.5. The van der Waals surface area contributed by atoms with Crippen molar-refractivity contribution in [2.45, 2.75) is 12.8 Å². The van der Waals surface area contributed by atoms with Gasteiger partial charge < -0.3 is 14.7 Å². The van der Waals surface area contributed by atoms with E-state index in [1.807, 2.05) is 17.0 Å². The fourth-order valence-electron chi connectivity index (χ4n) is 3.41. The van der Waals surface area contributed by atoms with Crippen molar-refractivity contribution in [2.24, 2.45) is 0 Å². The number of anilines is 2. The first-order chi connectivity index (χ1) is 12.3. The molecule has 130 valence electrons. The van der Waals surface area contributed by atoms with Crippen LogP contribution in [0, 0.1) is 0 Å². The molecule has 1 amide bonds. The first-order valence-electron chi connectivity index (χ1n) is 8.84. The predicted octanol–water partition coefficient (Wildman–Crippen LogP) is 1.43. The summed E-state index contributed by atoms with van der Waals surface area (Å²) in [7, 11) is 0. The Labute approximate surface area is 147 Å². The van der Waals surface area contributed by atoms with Crippen LogP contribution in [0.3, 0.4) is 0 Å². The van der Waals surface area contributed by atoms with Crippen molar-refractivity contribution in [1.29, 1.82) is 0 Å². The molecule has 0 atom stereocenters. The van der Waals surface area contributed by atoms with Gasteiger partial charge in [-0.2, -0.15) is 0 Å². The van der Waals surface area contributed by atoms with Gasteiger partial charge in [0.1, 0.15) is 0 Å². The number of rotatable bonds is 3. The molecule has 4 rings (SSSR count). The van der Waals surface area contributed by atoms with E-state index in [0.29, 0.717) is 18.7 Å². The fourth-order valence-corrected chi connectivity index (χ4v) is 3.41. The summed E-state index contributed by atoms with van der Waals surface area (Å²) in [6.07, 6.45) is 5.77. The number of nitrogens with zero attached hydrogens (tertiary/aromatic N) is 6. The van der Waals surface area contributed by atoms with E-state index in [2.05, 4.69) is 31.0 Å². The van der Waals surface area contributed by atoms with Gasteiger partial charge in [-0.3, -0.25) is 9.78 Å². The average Bonchev–Trinajstić information content (AvgIpc) is 3.23. The topological polar surface area (TPSA) is 65.5 Å². The third-order valence-electron chi connectivity index (χ3n) is 4.87. The molecule has 0 aliphatic carbocycles. The molecule has 0 N–H and O–H groups in total. The van der Waals surface area contributed by atoms with Gasteiger partial charge in [-0.1, -0.05) is 0 Å². The van der Waals surface area contributed by atoms with E-state index >= 15 is 0 Å². The number of carbonyl (C=O) groups is 1. The summed E-state index contributed by atoms with van der Waals surface area (Å²) in [6.45, 7) is 5.05. The number of pyridine rings is 1. The van der Waals surface area contributed by atoms with Gasteiger partial charge in [0.05, 0.1) is 5.56 Å². The van der Waals surface area contributed by atoms with E-state index in [9.17, 15) is 4.79 Å². The molecule has 2 saturated heterocycles. The third kappa shape index (κ3) is 3.40. The summed E-state index contributed by atoms with van der Waals surface area (Å²) in [5.41, 5.74) is 0.644. The van der Waals surface area contributed by atoms with Gasteiger partial charge in [0, 0.05) is 51.7 Å². The molecule has 25 heavy (non-hydrogen) atoms. The van der Waals surface area contributed by atoms with Crippen LogP contribution in [-0.2, 0) is 0 Å². The Bertz CT molecular complexity index is 706. The van der Waals surface area contributed by atoms with Crippen molar-refractivity contribution < 1.29 is 4.79 Å². The van der Waals surface area contributed by atoms with Crippen molar-refractivity contribution in [2.75, 3.05) is 49.1 Å². The van der Waals surface area contributed by atoms with E-state index in [0.717, 1.165) is 37.8 Å². The molecule has 2 fully saturated rings. The lowest BCUT2D eigenvalue weighted by Gasteiger charge is -2.35. The van der Waals surface area contributed by atoms with Gasteiger partial charge in [-0.05, 0) is 37.1 Å². The fraction of sp³-hybridized carbons (Fsp3) is 0.444. The standard InChI is InChI=1S/C18H22N6O/c25-18(15-4-3-7-19-14-15)24-12-10-23(11-13-24)17-6-5-16(20-21-17)22-8-1-2-9-22/h3-7,14H,1-2,8-13H2. The zero-order chi connectivity index (χ0) is 17.1. The number of piperazine rings is 1. The zero-order valence-electron chi connectivity index (χ0n) is 14.2. The number of amides is 1. The van der Waals surface area contributed by atoms with Gasteiger partial charge in [0.25, 0.3) is 5.91 Å². The van der Waals surface area contributed by atoms with Crippen LogP contribution in [0.15, 0.2) is 36.7 Å². The Kier molecular flexibility index (Phi) is 4.45. The summed E-state index contributed by atoms with van der Waals surface area (Å²) in [5, 5.41) is 8.78. The highest BCUT2D eigenvalue weighted by molar-refractivity contribution is 5.94. The van der Waals surface area contributed by atoms with E-state index in [1.165, 1.54) is 12.8 Å². The summed E-state index contributed by atoms with van der Waals surface area (Å²) in [4.78, 5) is 22.8. The Morgan fingerprint density at radius 3 is 2.04 bits per heavy atom. The lowest BCUT2D eigenvalue weighted by Crippen LogP contribution is -2.49. The quantitative estimate of drug-likeness (QED) is 0.844. The van der Waals surface area contributed by atoms with Crippen LogP contribution in [-0.4, -0.2) is 65.3 Å². The van der Waals surface area contributed by atoms with Crippen LogP contribution in [0.1, 0.15) is 23.2 Å². The summed E-state index contributed by atoms with van der Waals surface area (Å²) < 4.78 is 0. The molecule has 2 aromatic rings. The van der Waals surface area contributed by atoms with E-state index in [-0.39, 0.29) is 5.91 Å². The summed E-state index contributed by atoms with van der Waals surface area (Å²) in [6, 6.07) is 7.70. The molecule has 0 unspecified atom stereocenters. The molecule has 4 heterocycles. The van der Waals surface area contributed by atoms with Crippen molar-refractivity contribution in [3.05, 3.63) is 42.2 Å². The van der Waals surface area contributed by atoms with Crippen molar-refractivity contribution >= 4 is 17.5 Å². The van der Waals surface area contributed by atoms with Gasteiger partial charge in [0.2, 0.25) is 0 Å². The van der Waals surface area contributed by atoms with E-state index < -0.39 is 0 Å². The van der Waals surface area contributed by atoms with E-state index in [4.69, 9.17) is 0 Å². The number of carbonyl (C=O) groups excluding carboxylic acids is 1. The first kappa shape index (κ1) is 15.8. The molecule has 2 aliphatic rings. The second kappa shape index (κ2) is 7.04. The van der Waals surface area contributed by atoms with Crippen LogP contribution in [0.5, 0.6) is 0 Å². The van der Waals surface area contributed by atoms with E-state index in [1.54, 1.807) is 18.5 Å². The number of hydrogen-bond acceptors (Lipinski definition) is 6. The van der Waals surface area contributed by atoms with Gasteiger partial charge in [0.15, 0.2) is 11.6 Å². The Balaban J connectivity index is 1.36. The number of aromatic nitrogens is 3. The average molecular weight is 338 g/mol. The molecule has 0 spiro atoms. The molecule has 0 bridgehead atoms. The summed E-state index contributed by atoms with van der Waals surface area (Å²) >= 11 is 0. The van der Waals surface area contributed by atoms with Gasteiger partial charge in [-0.15, -0.1) is 10.2 Å². The predicted molar refractivity (Wildman–Crippen MR) is 95.8 cm³/mol. The monoisotopic (exact) mass is 338 g/mol. The largest absolute Gasteiger partial charge is 0.355 e. The van der Waals surface area contributed by atoms with Crippen molar-refractivity contribution in [1.82, 2.24) is 20.1 Å². The van der Waals surface area contributed by atoms with Crippen LogP contribution in [0.2, 0.25) is 0 Å². The highest BCUT2D eigenvalue weighted by Gasteiger charge is 2.23. The van der Waals surface area contributed by atoms with Gasteiger partial charge >= 0.3 is 0 Å². The van der Waals surface area contributed by atoms with Crippen LogP contribution >= 0.6 is 0 Å². The van der Waals surface area contributed by atoms with Crippen LogP contribution in [0.25, 0.3) is 0 Å². The van der Waals surface area contributed by atoms with Crippen molar-refractivity contribution in [3.8, 4) is 0 Å². The maximum absolute atomic E-state index is 12.5. The van der Waals surface area contributed by atoms with Crippen LogP contribution in [0.4, 0.5) is 11.6 Å². The zero-order valence-corrected chi connectivity index (χ0v) is 14.2. The second-order valence-electron chi connectivity index (χ2n) is 6.46. The minimum atomic E-state index is 0.0446. The molecule has 2 aromatic heterocycles. The minimum Gasteiger partial charge on any atom is -0.355 e. The Morgan fingerprint density at radius 1 is 0.840 bits per heavy atom. The molecule has 0 saturated carbocycles. The second-order valence-corrected chi connectivity index (χ2v) is 6.46. The third-order valence-corrected chi connectivity index (χ3v) is 4.87. The molecule has 7 nitrogen and oxygen atoms in total. The molecule has 0 radical (unpaired) electrons. The Morgan fingerprint density at radius 2 is 1.48 bits per heavy atom.